The molecule has 5 N–H and O–H groups in total. The van der Waals surface area contributed by atoms with E-state index in [1.165, 1.54) is 5.56 Å². The molecule has 0 saturated heterocycles. The Bertz CT molecular complexity index is 1830. The van der Waals surface area contributed by atoms with Crippen molar-refractivity contribution >= 4 is 44.0 Å². The SMILES string of the molecule is CC(C)(/C=C/C(C)(C)C1=[N+](CCCCS(O)(O)O)c2ccc(CC(=O)O)cc2C1(C)C)/C=C1/N(CCCCS(=O)(=O)O)c2ccccc2C1(C)C. The van der Waals surface area contributed by atoms with Crippen molar-refractivity contribution in [3.8, 4) is 0 Å². The summed E-state index contributed by atoms with van der Waals surface area (Å²) >= 11 is 0. The maximum atomic E-state index is 11.6. The molecule has 2 aromatic rings. The number of benzene rings is 2. The Morgan fingerprint density at radius 2 is 1.49 bits per heavy atom. The molecule has 2 heterocycles. The largest absolute Gasteiger partial charge is 0.481 e. The van der Waals surface area contributed by atoms with Crippen molar-refractivity contribution in [2.24, 2.45) is 10.8 Å². The number of nitrogens with zero attached hydrogens (tertiary/aromatic N) is 2. The first kappa shape index (κ1) is 40.8. The molecular weight excluding hydrogens is 689 g/mol. The number of rotatable bonds is 16. The number of carboxylic acids is 1. The summed E-state index contributed by atoms with van der Waals surface area (Å²) in [6, 6.07) is 14.1. The summed E-state index contributed by atoms with van der Waals surface area (Å²) in [5, 5.41) is 9.50. The summed E-state index contributed by atoms with van der Waals surface area (Å²) in [6.07, 6.45) is 8.69. The maximum absolute atomic E-state index is 11.6. The van der Waals surface area contributed by atoms with Gasteiger partial charge in [-0.3, -0.25) is 9.35 Å². The van der Waals surface area contributed by atoms with Crippen LogP contribution in [0.2, 0.25) is 0 Å². The van der Waals surface area contributed by atoms with Crippen molar-refractivity contribution in [2.75, 3.05) is 29.5 Å². The Morgan fingerprint density at radius 1 is 0.843 bits per heavy atom. The summed E-state index contributed by atoms with van der Waals surface area (Å²) in [5.41, 5.74) is 5.73. The lowest BCUT2D eigenvalue weighted by Crippen LogP contribution is -2.40. The molecular formula is C39H57N2O8S2+. The molecule has 0 aromatic heterocycles. The second-order valence-electron chi connectivity index (χ2n) is 16.3. The van der Waals surface area contributed by atoms with Crippen LogP contribution in [0.5, 0.6) is 0 Å². The molecule has 10 nitrogen and oxygen atoms in total. The van der Waals surface area contributed by atoms with Gasteiger partial charge >= 0.3 is 5.97 Å². The van der Waals surface area contributed by atoms with Crippen LogP contribution in [0, 0.1) is 10.8 Å². The van der Waals surface area contributed by atoms with Crippen LogP contribution >= 0.6 is 10.9 Å². The fourth-order valence-corrected chi connectivity index (χ4v) is 9.10. The van der Waals surface area contributed by atoms with Gasteiger partial charge in [0.25, 0.3) is 10.1 Å². The number of hydrogen-bond acceptors (Lipinski definition) is 7. The van der Waals surface area contributed by atoms with Gasteiger partial charge in [-0.1, -0.05) is 70.2 Å². The Hall–Kier alpha value is -3.00. The number of fused-ring (bicyclic) bond motifs is 2. The van der Waals surface area contributed by atoms with E-state index in [-0.39, 0.29) is 23.3 Å². The number of aliphatic carboxylic acids is 1. The van der Waals surface area contributed by atoms with Crippen molar-refractivity contribution in [3.63, 3.8) is 0 Å². The van der Waals surface area contributed by atoms with E-state index in [0.717, 1.165) is 33.9 Å². The molecule has 0 amide bonds. The van der Waals surface area contributed by atoms with E-state index in [1.54, 1.807) is 0 Å². The summed E-state index contributed by atoms with van der Waals surface area (Å²) in [4.78, 5) is 13.9. The molecule has 282 valence electrons. The zero-order chi connectivity index (χ0) is 38.2. The van der Waals surface area contributed by atoms with Gasteiger partial charge < -0.3 is 23.7 Å². The normalized spacial score (nSPS) is 18.5. The van der Waals surface area contributed by atoms with Crippen molar-refractivity contribution in [2.45, 2.75) is 98.3 Å². The number of allylic oxidation sites excluding steroid dienone is 4. The van der Waals surface area contributed by atoms with Crippen LogP contribution in [-0.4, -0.2) is 72.6 Å². The van der Waals surface area contributed by atoms with Crippen molar-refractivity contribution < 1.29 is 41.1 Å². The minimum absolute atomic E-state index is 0.0724. The first-order valence-corrected chi connectivity index (χ1v) is 20.9. The van der Waals surface area contributed by atoms with Crippen LogP contribution in [0.15, 0.2) is 66.4 Å². The molecule has 0 spiro atoms. The highest BCUT2D eigenvalue weighted by atomic mass is 32.3. The van der Waals surface area contributed by atoms with Gasteiger partial charge in [-0.05, 0) is 70.2 Å². The van der Waals surface area contributed by atoms with Gasteiger partial charge in [-0.15, -0.1) is 0 Å². The van der Waals surface area contributed by atoms with Gasteiger partial charge in [0.2, 0.25) is 5.69 Å². The lowest BCUT2D eigenvalue weighted by molar-refractivity contribution is -0.442. The number of carbonyl (C=O) groups is 1. The topological polar surface area (TPSA) is 159 Å². The van der Waals surface area contributed by atoms with Crippen LogP contribution in [0.1, 0.15) is 97.8 Å². The number of carboxylic acid groups (broad SMARTS) is 1. The summed E-state index contributed by atoms with van der Waals surface area (Å²) < 4.78 is 62.9. The molecule has 4 rings (SSSR count). The fraction of sp³-hybridized carbons (Fsp3) is 0.538. The van der Waals surface area contributed by atoms with Gasteiger partial charge in [0, 0.05) is 52.6 Å². The Kier molecular flexibility index (Phi) is 11.8. The summed E-state index contributed by atoms with van der Waals surface area (Å²) in [6.45, 7) is 18.7. The van der Waals surface area contributed by atoms with Crippen LogP contribution in [0.25, 0.3) is 0 Å². The van der Waals surface area contributed by atoms with Crippen molar-refractivity contribution in [1.29, 1.82) is 0 Å². The summed E-state index contributed by atoms with van der Waals surface area (Å²) in [7, 11) is -7.60. The van der Waals surface area contributed by atoms with E-state index in [0.29, 0.717) is 38.8 Å². The molecule has 51 heavy (non-hydrogen) atoms. The highest BCUT2D eigenvalue weighted by Crippen LogP contribution is 2.50. The highest BCUT2D eigenvalue weighted by molar-refractivity contribution is 8.19. The van der Waals surface area contributed by atoms with Gasteiger partial charge in [-0.25, -0.2) is 0 Å². The van der Waals surface area contributed by atoms with Crippen LogP contribution < -0.4 is 4.90 Å². The minimum atomic E-state index is -4.02. The van der Waals surface area contributed by atoms with Crippen LogP contribution in [-0.2, 0) is 32.2 Å². The fourth-order valence-electron chi connectivity index (χ4n) is 7.94. The highest BCUT2D eigenvalue weighted by Gasteiger charge is 2.51. The lowest BCUT2D eigenvalue weighted by Gasteiger charge is -2.32. The maximum Gasteiger partial charge on any atom is 0.307 e. The Morgan fingerprint density at radius 3 is 2.12 bits per heavy atom. The number of para-hydroxylation sites is 1. The van der Waals surface area contributed by atoms with E-state index in [9.17, 15) is 36.5 Å². The van der Waals surface area contributed by atoms with Crippen molar-refractivity contribution in [1.82, 2.24) is 0 Å². The van der Waals surface area contributed by atoms with E-state index in [1.807, 2.05) is 30.3 Å². The second kappa shape index (κ2) is 14.8. The first-order chi connectivity index (χ1) is 23.4. The van der Waals surface area contributed by atoms with Crippen molar-refractivity contribution in [3.05, 3.63) is 83.1 Å². The third-order valence-electron chi connectivity index (χ3n) is 10.2. The van der Waals surface area contributed by atoms with E-state index >= 15 is 0 Å². The van der Waals surface area contributed by atoms with E-state index in [2.05, 4.69) is 95.2 Å². The molecule has 0 fully saturated rings. The molecule has 2 aliphatic rings. The van der Waals surface area contributed by atoms with Gasteiger partial charge in [0.1, 0.15) is 6.54 Å². The first-order valence-electron chi connectivity index (χ1n) is 17.6. The molecule has 0 saturated carbocycles. The quantitative estimate of drug-likeness (QED) is 0.0491. The Labute approximate surface area is 305 Å². The average molecular weight is 746 g/mol. The number of hydrogen-bond donors (Lipinski definition) is 5. The predicted molar refractivity (Wildman–Crippen MR) is 207 cm³/mol. The number of anilines is 1. The molecule has 2 aliphatic heterocycles. The molecule has 12 heteroatoms. The average Bonchev–Trinajstić information content (AvgIpc) is 3.34. The van der Waals surface area contributed by atoms with Gasteiger partial charge in [0.15, 0.2) is 5.71 Å². The predicted octanol–water partition coefficient (Wildman–Crippen LogP) is 8.65. The molecule has 0 bridgehead atoms. The zero-order valence-corrected chi connectivity index (χ0v) is 32.9. The zero-order valence-electron chi connectivity index (χ0n) is 31.3. The second-order valence-corrected chi connectivity index (χ2v) is 19.5. The number of unbranched alkanes of at least 4 members (excludes halogenated alkanes) is 2. The molecule has 0 atom stereocenters. The monoisotopic (exact) mass is 745 g/mol. The molecule has 2 aromatic carbocycles. The lowest BCUT2D eigenvalue weighted by atomic mass is 9.69. The summed E-state index contributed by atoms with van der Waals surface area (Å²) in [5.74, 6) is -1.25. The van der Waals surface area contributed by atoms with Crippen LogP contribution in [0.3, 0.4) is 0 Å². The molecule has 0 radical (unpaired) electrons. The minimum Gasteiger partial charge on any atom is -0.481 e. The van der Waals surface area contributed by atoms with E-state index in [4.69, 9.17) is 0 Å². The van der Waals surface area contributed by atoms with Crippen LogP contribution in [0.4, 0.5) is 11.4 Å². The van der Waals surface area contributed by atoms with Gasteiger partial charge in [-0.2, -0.15) is 13.0 Å². The smallest absolute Gasteiger partial charge is 0.307 e. The molecule has 0 aliphatic carbocycles. The third-order valence-corrected chi connectivity index (χ3v) is 11.8. The van der Waals surface area contributed by atoms with Gasteiger partial charge in [0.05, 0.1) is 33.9 Å². The standard InChI is InChI=1S/C39H56N2O8S2/c1-36(2,27-33-38(5,6)29-15-9-10-16-31(29)40(33)21-11-13-23-50(44,45)46)19-20-37(3,4)35-39(7,8)30-25-28(26-34(42)43)17-18-32(30)41(35)22-12-14-24-51(47,48)49/h9-10,15-20,25,27H,11-14,21-24,26H2,1-8H3,(H4-,42,43,44,45,46,47,48,49)/p+1/b20-19+,33-27+. The van der Waals surface area contributed by atoms with E-state index < -0.39 is 43.2 Å². The molecule has 0 unspecified atom stereocenters. The Balaban J connectivity index is 1.71. The third kappa shape index (κ3) is 9.71.